The maximum Gasteiger partial charge on any atom is 0.149 e. The van der Waals surface area contributed by atoms with E-state index in [0.29, 0.717) is 0 Å². The Balaban J connectivity index is 1.96. The van der Waals surface area contributed by atoms with E-state index in [1.54, 1.807) is 6.33 Å². The van der Waals surface area contributed by atoms with Crippen molar-refractivity contribution in [1.29, 1.82) is 0 Å². The highest BCUT2D eigenvalue weighted by Gasteiger charge is 2.12. The molecule has 90 valence electrons. The predicted molar refractivity (Wildman–Crippen MR) is 67.4 cm³/mol. The van der Waals surface area contributed by atoms with Gasteiger partial charge in [0.2, 0.25) is 0 Å². The first-order chi connectivity index (χ1) is 8.31. The van der Waals surface area contributed by atoms with E-state index in [2.05, 4.69) is 41.4 Å². The molecule has 1 atom stereocenters. The summed E-state index contributed by atoms with van der Waals surface area (Å²) in [6.07, 6.45) is 3.60. The summed E-state index contributed by atoms with van der Waals surface area (Å²) in [7, 11) is 0. The Morgan fingerprint density at radius 1 is 1.29 bits per heavy atom. The molecule has 2 N–H and O–H groups in total. The molecule has 2 rings (SSSR count). The van der Waals surface area contributed by atoms with E-state index in [0.717, 1.165) is 25.2 Å². The predicted octanol–water partition coefficient (Wildman–Crippen LogP) is 1.93. The van der Waals surface area contributed by atoms with E-state index >= 15 is 0 Å². The molecule has 0 saturated carbocycles. The van der Waals surface area contributed by atoms with Gasteiger partial charge < -0.3 is 10.3 Å². The van der Waals surface area contributed by atoms with E-state index in [-0.39, 0.29) is 6.04 Å². The van der Waals surface area contributed by atoms with Crippen LogP contribution in [0.2, 0.25) is 0 Å². The Bertz CT molecular complexity index is 449. The number of nitrogens with two attached hydrogens (primary N) is 1. The molecule has 0 bridgehead atoms. The van der Waals surface area contributed by atoms with Gasteiger partial charge in [-0.25, -0.2) is 0 Å². The first-order valence-corrected chi connectivity index (χ1v) is 5.98. The normalized spacial score (nSPS) is 12.6. The number of benzene rings is 1. The van der Waals surface area contributed by atoms with Crippen molar-refractivity contribution in [2.45, 2.75) is 32.4 Å². The van der Waals surface area contributed by atoms with Crippen LogP contribution < -0.4 is 5.73 Å². The molecular weight excluding hydrogens is 212 g/mol. The van der Waals surface area contributed by atoms with Crippen molar-refractivity contribution in [3.63, 3.8) is 0 Å². The Hall–Kier alpha value is -1.68. The number of hydrogen-bond acceptors (Lipinski definition) is 3. The number of aryl methyl sites for hydroxylation is 2. The minimum Gasteiger partial charge on any atom is -0.321 e. The van der Waals surface area contributed by atoms with E-state index in [4.69, 9.17) is 5.73 Å². The Morgan fingerprint density at radius 3 is 2.76 bits per heavy atom. The number of hydrogen-bond donors (Lipinski definition) is 1. The van der Waals surface area contributed by atoms with Gasteiger partial charge in [0.15, 0.2) is 0 Å². The molecule has 1 aromatic heterocycles. The molecule has 0 amide bonds. The molecule has 1 aromatic carbocycles. The number of rotatable bonds is 5. The first-order valence-electron chi connectivity index (χ1n) is 5.98. The van der Waals surface area contributed by atoms with Crippen LogP contribution in [0.4, 0.5) is 0 Å². The summed E-state index contributed by atoms with van der Waals surface area (Å²) in [5, 5.41) is 7.99. The second-order valence-electron chi connectivity index (χ2n) is 4.11. The molecule has 4 nitrogen and oxygen atoms in total. The van der Waals surface area contributed by atoms with Gasteiger partial charge in [-0.2, -0.15) is 0 Å². The lowest BCUT2D eigenvalue weighted by Crippen LogP contribution is -2.17. The largest absolute Gasteiger partial charge is 0.321 e. The minimum atomic E-state index is -0.0438. The SMILES string of the molecule is CCn1cnnc1C(N)CCc1ccccc1. The second kappa shape index (κ2) is 5.59. The van der Waals surface area contributed by atoms with Crippen LogP contribution in [-0.2, 0) is 13.0 Å². The molecule has 0 aliphatic carbocycles. The Labute approximate surface area is 101 Å². The summed E-state index contributed by atoms with van der Waals surface area (Å²) in [5.74, 6) is 0.878. The van der Waals surface area contributed by atoms with Gasteiger partial charge in [-0.15, -0.1) is 10.2 Å². The van der Waals surface area contributed by atoms with Crippen LogP contribution in [0.1, 0.15) is 30.8 Å². The lowest BCUT2D eigenvalue weighted by Gasteiger charge is -2.11. The van der Waals surface area contributed by atoms with Crippen molar-refractivity contribution in [2.24, 2.45) is 5.73 Å². The van der Waals surface area contributed by atoms with Crippen molar-refractivity contribution in [3.8, 4) is 0 Å². The molecule has 4 heteroatoms. The van der Waals surface area contributed by atoms with Crippen LogP contribution in [0.15, 0.2) is 36.7 Å². The molecule has 0 spiro atoms. The van der Waals surface area contributed by atoms with Crippen molar-refractivity contribution in [2.75, 3.05) is 0 Å². The molecule has 2 aromatic rings. The van der Waals surface area contributed by atoms with Crippen molar-refractivity contribution in [3.05, 3.63) is 48.0 Å². The zero-order valence-electron chi connectivity index (χ0n) is 10.1. The van der Waals surface area contributed by atoms with Crippen molar-refractivity contribution in [1.82, 2.24) is 14.8 Å². The third-order valence-corrected chi connectivity index (χ3v) is 2.90. The first kappa shape index (κ1) is 11.8. The van der Waals surface area contributed by atoms with Crippen LogP contribution >= 0.6 is 0 Å². The van der Waals surface area contributed by atoms with Crippen LogP contribution in [0.3, 0.4) is 0 Å². The summed E-state index contributed by atoms with van der Waals surface area (Å²) < 4.78 is 2.00. The third kappa shape index (κ3) is 2.91. The molecule has 1 unspecified atom stereocenters. The third-order valence-electron chi connectivity index (χ3n) is 2.90. The lowest BCUT2D eigenvalue weighted by molar-refractivity contribution is 0.566. The maximum atomic E-state index is 6.14. The molecule has 17 heavy (non-hydrogen) atoms. The molecule has 0 fully saturated rings. The topological polar surface area (TPSA) is 56.7 Å². The van der Waals surface area contributed by atoms with Crippen molar-refractivity contribution >= 4 is 0 Å². The number of nitrogens with zero attached hydrogens (tertiary/aromatic N) is 3. The minimum absolute atomic E-state index is 0.0438. The molecule has 0 saturated heterocycles. The lowest BCUT2D eigenvalue weighted by atomic mass is 10.1. The molecule has 1 heterocycles. The summed E-state index contributed by atoms with van der Waals surface area (Å²) in [5.41, 5.74) is 7.45. The maximum absolute atomic E-state index is 6.14. The van der Waals surface area contributed by atoms with E-state index in [1.165, 1.54) is 5.56 Å². The average molecular weight is 230 g/mol. The fourth-order valence-corrected chi connectivity index (χ4v) is 1.89. The van der Waals surface area contributed by atoms with Crippen LogP contribution in [0, 0.1) is 0 Å². The van der Waals surface area contributed by atoms with Crippen molar-refractivity contribution < 1.29 is 0 Å². The van der Waals surface area contributed by atoms with Gasteiger partial charge in [0.25, 0.3) is 0 Å². The van der Waals surface area contributed by atoms with Gasteiger partial charge in [-0.3, -0.25) is 0 Å². The van der Waals surface area contributed by atoms with E-state index in [1.807, 2.05) is 10.6 Å². The highest BCUT2D eigenvalue weighted by Crippen LogP contribution is 2.14. The summed E-state index contributed by atoms with van der Waals surface area (Å²) >= 11 is 0. The number of aromatic nitrogens is 3. The fourth-order valence-electron chi connectivity index (χ4n) is 1.89. The smallest absolute Gasteiger partial charge is 0.149 e. The van der Waals surface area contributed by atoms with Gasteiger partial charge in [0, 0.05) is 6.54 Å². The van der Waals surface area contributed by atoms with Crippen LogP contribution in [0.5, 0.6) is 0 Å². The summed E-state index contributed by atoms with van der Waals surface area (Å²) in [4.78, 5) is 0. The highest BCUT2D eigenvalue weighted by molar-refractivity contribution is 5.15. The highest BCUT2D eigenvalue weighted by atomic mass is 15.3. The zero-order chi connectivity index (χ0) is 12.1. The molecular formula is C13H18N4. The quantitative estimate of drug-likeness (QED) is 0.854. The van der Waals surface area contributed by atoms with Crippen LogP contribution in [-0.4, -0.2) is 14.8 Å². The van der Waals surface area contributed by atoms with Gasteiger partial charge in [-0.1, -0.05) is 30.3 Å². The van der Waals surface area contributed by atoms with E-state index < -0.39 is 0 Å². The van der Waals surface area contributed by atoms with Gasteiger partial charge in [0.05, 0.1) is 6.04 Å². The molecule has 0 aliphatic heterocycles. The van der Waals surface area contributed by atoms with E-state index in [9.17, 15) is 0 Å². The summed E-state index contributed by atoms with van der Waals surface area (Å²) in [6, 6.07) is 10.3. The van der Waals surface area contributed by atoms with Gasteiger partial charge in [0.1, 0.15) is 12.2 Å². The van der Waals surface area contributed by atoms with Gasteiger partial charge >= 0.3 is 0 Å². The molecule has 0 radical (unpaired) electrons. The summed E-state index contributed by atoms with van der Waals surface area (Å²) in [6.45, 7) is 2.93. The average Bonchev–Trinajstić information content (AvgIpc) is 2.85. The zero-order valence-corrected chi connectivity index (χ0v) is 10.1. The Kier molecular flexibility index (Phi) is 3.88. The molecule has 0 aliphatic rings. The Morgan fingerprint density at radius 2 is 2.06 bits per heavy atom. The fraction of sp³-hybridized carbons (Fsp3) is 0.385. The second-order valence-corrected chi connectivity index (χ2v) is 4.11. The standard InChI is InChI=1S/C13H18N4/c1-2-17-10-15-16-13(17)12(14)9-8-11-6-4-3-5-7-11/h3-7,10,12H,2,8-9,14H2,1H3. The monoisotopic (exact) mass is 230 g/mol. The van der Waals surface area contributed by atoms with Gasteiger partial charge in [-0.05, 0) is 25.3 Å². The van der Waals surface area contributed by atoms with Crippen LogP contribution in [0.25, 0.3) is 0 Å².